The van der Waals surface area contributed by atoms with Gasteiger partial charge < -0.3 is 10.2 Å². The molecule has 0 spiro atoms. The van der Waals surface area contributed by atoms with Crippen molar-refractivity contribution in [3.05, 3.63) is 16.5 Å². The highest BCUT2D eigenvalue weighted by molar-refractivity contribution is 9.10. The van der Waals surface area contributed by atoms with Gasteiger partial charge in [-0.25, -0.2) is 9.97 Å². The van der Waals surface area contributed by atoms with Crippen LogP contribution in [0.4, 0.5) is 5.82 Å². The lowest BCUT2D eigenvalue weighted by molar-refractivity contribution is 0.405. The molecule has 0 aliphatic heterocycles. The monoisotopic (exact) mass is 314 g/mol. The lowest BCUT2D eigenvalue weighted by atomic mass is 9.96. The fraction of sp³-hybridized carbons (Fsp3) is 0.692. The van der Waals surface area contributed by atoms with Crippen LogP contribution in [-0.2, 0) is 5.41 Å². The molecule has 0 atom stereocenters. The van der Waals surface area contributed by atoms with Gasteiger partial charge >= 0.3 is 0 Å². The van der Waals surface area contributed by atoms with Crippen molar-refractivity contribution in [2.24, 2.45) is 0 Å². The van der Waals surface area contributed by atoms with Crippen LogP contribution in [0, 0.1) is 0 Å². The summed E-state index contributed by atoms with van der Waals surface area (Å²) in [7, 11) is 4.16. The summed E-state index contributed by atoms with van der Waals surface area (Å²) >= 11 is 3.44. The Bertz CT molecular complexity index is 385. The number of anilines is 1. The van der Waals surface area contributed by atoms with Crippen LogP contribution in [0.2, 0.25) is 0 Å². The molecule has 0 radical (unpaired) electrons. The van der Waals surface area contributed by atoms with Crippen LogP contribution in [-0.4, -0.2) is 42.1 Å². The zero-order valence-corrected chi connectivity index (χ0v) is 13.5. The van der Waals surface area contributed by atoms with Crippen LogP contribution < -0.4 is 5.32 Å². The lowest BCUT2D eigenvalue weighted by Crippen LogP contribution is -2.19. The number of hydrogen-bond acceptors (Lipinski definition) is 4. The van der Waals surface area contributed by atoms with Gasteiger partial charge in [0.25, 0.3) is 0 Å². The molecule has 0 aliphatic carbocycles. The quantitative estimate of drug-likeness (QED) is 0.670. The highest BCUT2D eigenvalue weighted by atomic mass is 79.9. The Kier molecular flexibility index (Phi) is 5.53. The fourth-order valence-corrected chi connectivity index (χ4v) is 1.84. The summed E-state index contributed by atoms with van der Waals surface area (Å²) in [5.41, 5.74) is -0.0379. The SMILES string of the molecule is CN(C)CCCNc1cc(Br)nc(C(C)(C)C)n1. The molecule has 1 heterocycles. The van der Waals surface area contributed by atoms with E-state index in [1.807, 2.05) is 6.07 Å². The molecule has 1 aromatic heterocycles. The molecule has 0 unspecified atom stereocenters. The topological polar surface area (TPSA) is 41.0 Å². The molecular weight excluding hydrogens is 292 g/mol. The molecule has 1 aromatic rings. The first-order valence-electron chi connectivity index (χ1n) is 6.22. The van der Waals surface area contributed by atoms with Crippen molar-refractivity contribution >= 4 is 21.7 Å². The van der Waals surface area contributed by atoms with Gasteiger partial charge in [-0.15, -0.1) is 0 Å². The minimum Gasteiger partial charge on any atom is -0.370 e. The number of nitrogens with zero attached hydrogens (tertiary/aromatic N) is 3. The molecule has 4 nitrogen and oxygen atoms in total. The Hall–Kier alpha value is -0.680. The molecule has 0 saturated heterocycles. The van der Waals surface area contributed by atoms with Gasteiger partial charge in [0.05, 0.1) is 0 Å². The number of rotatable bonds is 5. The minimum atomic E-state index is -0.0379. The Labute approximate surface area is 118 Å². The highest BCUT2D eigenvalue weighted by Crippen LogP contribution is 2.22. The number of nitrogens with one attached hydrogen (secondary N) is 1. The predicted octanol–water partition coefficient (Wildman–Crippen LogP) is 2.90. The number of halogens is 1. The van der Waals surface area contributed by atoms with E-state index in [4.69, 9.17) is 0 Å². The largest absolute Gasteiger partial charge is 0.370 e. The fourth-order valence-electron chi connectivity index (χ4n) is 1.46. The zero-order valence-electron chi connectivity index (χ0n) is 11.9. The van der Waals surface area contributed by atoms with Crippen molar-refractivity contribution in [2.75, 3.05) is 32.5 Å². The van der Waals surface area contributed by atoms with Gasteiger partial charge in [-0.2, -0.15) is 0 Å². The molecule has 18 heavy (non-hydrogen) atoms. The second-order valence-corrected chi connectivity index (χ2v) is 6.55. The zero-order chi connectivity index (χ0) is 13.8. The molecule has 0 bridgehead atoms. The molecule has 1 rings (SSSR count). The molecule has 1 N–H and O–H groups in total. The van der Waals surface area contributed by atoms with Crippen molar-refractivity contribution in [2.45, 2.75) is 32.6 Å². The van der Waals surface area contributed by atoms with Crippen LogP contribution in [0.5, 0.6) is 0 Å². The predicted molar refractivity (Wildman–Crippen MR) is 80.1 cm³/mol. The van der Waals surface area contributed by atoms with Gasteiger partial charge in [0, 0.05) is 18.0 Å². The van der Waals surface area contributed by atoms with E-state index in [0.717, 1.165) is 35.8 Å². The molecular formula is C13H23BrN4. The Morgan fingerprint density at radius 1 is 1.28 bits per heavy atom. The Morgan fingerprint density at radius 2 is 1.94 bits per heavy atom. The van der Waals surface area contributed by atoms with Gasteiger partial charge in [-0.1, -0.05) is 20.8 Å². The van der Waals surface area contributed by atoms with Gasteiger partial charge in [0.15, 0.2) is 0 Å². The molecule has 102 valence electrons. The lowest BCUT2D eigenvalue weighted by Gasteiger charge is -2.18. The van der Waals surface area contributed by atoms with E-state index in [-0.39, 0.29) is 5.41 Å². The molecule has 0 fully saturated rings. The van der Waals surface area contributed by atoms with E-state index in [2.05, 4.69) is 71.0 Å². The molecule has 5 heteroatoms. The minimum absolute atomic E-state index is 0.0379. The first-order valence-corrected chi connectivity index (χ1v) is 7.02. The van der Waals surface area contributed by atoms with Crippen molar-refractivity contribution in [1.82, 2.24) is 14.9 Å². The van der Waals surface area contributed by atoms with E-state index in [1.165, 1.54) is 0 Å². The third-order valence-corrected chi connectivity index (χ3v) is 2.86. The number of aromatic nitrogens is 2. The summed E-state index contributed by atoms with van der Waals surface area (Å²) in [5.74, 6) is 1.74. The summed E-state index contributed by atoms with van der Waals surface area (Å²) in [4.78, 5) is 11.2. The second kappa shape index (κ2) is 6.48. The molecule has 0 aromatic carbocycles. The summed E-state index contributed by atoms with van der Waals surface area (Å²) in [6.45, 7) is 8.34. The average Bonchev–Trinajstić information content (AvgIpc) is 2.22. The van der Waals surface area contributed by atoms with Crippen LogP contribution >= 0.6 is 15.9 Å². The number of hydrogen-bond donors (Lipinski definition) is 1. The average molecular weight is 315 g/mol. The molecule has 0 saturated carbocycles. The van der Waals surface area contributed by atoms with Gasteiger partial charge in [0.1, 0.15) is 16.2 Å². The van der Waals surface area contributed by atoms with Gasteiger partial charge in [-0.05, 0) is 43.0 Å². The van der Waals surface area contributed by atoms with Crippen molar-refractivity contribution in [3.63, 3.8) is 0 Å². The first kappa shape index (κ1) is 15.4. The molecule has 0 amide bonds. The van der Waals surface area contributed by atoms with Crippen LogP contribution in [0.3, 0.4) is 0 Å². The maximum absolute atomic E-state index is 4.56. The highest BCUT2D eigenvalue weighted by Gasteiger charge is 2.18. The van der Waals surface area contributed by atoms with E-state index in [1.54, 1.807) is 0 Å². The van der Waals surface area contributed by atoms with E-state index in [0.29, 0.717) is 0 Å². The maximum Gasteiger partial charge on any atom is 0.137 e. The summed E-state index contributed by atoms with van der Waals surface area (Å²) in [6.07, 6.45) is 1.10. The van der Waals surface area contributed by atoms with E-state index >= 15 is 0 Å². The summed E-state index contributed by atoms with van der Waals surface area (Å²) in [6, 6.07) is 1.92. The van der Waals surface area contributed by atoms with Crippen molar-refractivity contribution in [3.8, 4) is 0 Å². The smallest absolute Gasteiger partial charge is 0.137 e. The second-order valence-electron chi connectivity index (χ2n) is 5.73. The summed E-state index contributed by atoms with van der Waals surface area (Å²) in [5, 5.41) is 3.35. The van der Waals surface area contributed by atoms with Gasteiger partial charge in [-0.3, -0.25) is 0 Å². The van der Waals surface area contributed by atoms with Crippen molar-refractivity contribution < 1.29 is 0 Å². The molecule has 0 aliphatic rings. The maximum atomic E-state index is 4.56. The van der Waals surface area contributed by atoms with Crippen LogP contribution in [0.15, 0.2) is 10.7 Å². The third kappa shape index (κ3) is 5.31. The van der Waals surface area contributed by atoms with Crippen LogP contribution in [0.25, 0.3) is 0 Å². The van der Waals surface area contributed by atoms with Crippen LogP contribution in [0.1, 0.15) is 33.0 Å². The normalized spacial score (nSPS) is 11.9. The third-order valence-electron chi connectivity index (χ3n) is 2.45. The Morgan fingerprint density at radius 3 is 2.50 bits per heavy atom. The van der Waals surface area contributed by atoms with Crippen molar-refractivity contribution in [1.29, 1.82) is 0 Å². The standard InChI is InChI=1S/C13H23BrN4/c1-13(2,3)12-16-10(14)9-11(17-12)15-7-6-8-18(4)5/h9H,6-8H2,1-5H3,(H,15,16,17). The summed E-state index contributed by atoms with van der Waals surface area (Å²) < 4.78 is 0.831. The van der Waals surface area contributed by atoms with Gasteiger partial charge in [0.2, 0.25) is 0 Å². The van der Waals surface area contributed by atoms with E-state index < -0.39 is 0 Å². The first-order chi connectivity index (χ1) is 8.29. The van der Waals surface area contributed by atoms with E-state index in [9.17, 15) is 0 Å². The Balaban J connectivity index is 2.63.